The van der Waals surface area contributed by atoms with Crippen molar-refractivity contribution in [3.8, 4) is 0 Å². The topological polar surface area (TPSA) is 44.8 Å². The molecule has 0 bridgehead atoms. The third-order valence-corrected chi connectivity index (χ3v) is 2.60. The van der Waals surface area contributed by atoms with Gasteiger partial charge in [-0.1, -0.05) is 0 Å². The summed E-state index contributed by atoms with van der Waals surface area (Å²) in [6.45, 7) is 7.05. The van der Waals surface area contributed by atoms with Gasteiger partial charge in [0.15, 0.2) is 0 Å². The van der Waals surface area contributed by atoms with E-state index in [1.54, 1.807) is 0 Å². The van der Waals surface area contributed by atoms with Crippen LogP contribution in [0.2, 0.25) is 0 Å². The number of ether oxygens (including phenoxy) is 1. The van der Waals surface area contributed by atoms with E-state index in [0.29, 0.717) is 0 Å². The smallest absolute Gasteiger partial charge is 0.209 e. The maximum Gasteiger partial charge on any atom is 0.209 e. The van der Waals surface area contributed by atoms with E-state index >= 15 is 0 Å². The minimum absolute atomic E-state index is 0.769. The molecule has 15 heavy (non-hydrogen) atoms. The summed E-state index contributed by atoms with van der Waals surface area (Å²) in [6.07, 6.45) is 0.931. The molecule has 0 unspecified atom stereocenters. The van der Waals surface area contributed by atoms with Crippen LogP contribution in [-0.2, 0) is 9.53 Å². The van der Waals surface area contributed by atoms with Crippen molar-refractivity contribution in [3.05, 3.63) is 0 Å². The van der Waals surface area contributed by atoms with Gasteiger partial charge >= 0.3 is 0 Å². The molecule has 1 heterocycles. The SMILES string of the molecule is CNCCOCCN1CCN(C=O)CC1. The van der Waals surface area contributed by atoms with E-state index in [-0.39, 0.29) is 0 Å². The molecule has 1 aliphatic heterocycles. The second-order valence-corrected chi connectivity index (χ2v) is 3.70. The minimum atomic E-state index is 0.769. The molecule has 0 aromatic carbocycles. The van der Waals surface area contributed by atoms with Crippen molar-refractivity contribution in [2.45, 2.75) is 0 Å². The van der Waals surface area contributed by atoms with Gasteiger partial charge in [-0.3, -0.25) is 9.69 Å². The van der Waals surface area contributed by atoms with Gasteiger partial charge in [0.25, 0.3) is 0 Å². The number of hydrogen-bond donors (Lipinski definition) is 1. The standard InChI is InChI=1S/C10H21N3O2/c1-11-2-8-15-9-7-12-3-5-13(10-14)6-4-12/h10-11H,2-9H2,1H3. The van der Waals surface area contributed by atoms with Crippen LogP contribution in [0.5, 0.6) is 0 Å². The maximum absolute atomic E-state index is 10.5. The Morgan fingerprint density at radius 2 is 2.00 bits per heavy atom. The lowest BCUT2D eigenvalue weighted by atomic mass is 10.3. The first kappa shape index (κ1) is 12.4. The van der Waals surface area contributed by atoms with Crippen LogP contribution < -0.4 is 5.32 Å². The van der Waals surface area contributed by atoms with Crippen molar-refractivity contribution in [1.82, 2.24) is 15.1 Å². The van der Waals surface area contributed by atoms with E-state index in [9.17, 15) is 4.79 Å². The van der Waals surface area contributed by atoms with Crippen LogP contribution in [-0.4, -0.2) is 75.7 Å². The monoisotopic (exact) mass is 215 g/mol. The van der Waals surface area contributed by atoms with Crippen molar-refractivity contribution in [3.63, 3.8) is 0 Å². The van der Waals surface area contributed by atoms with Gasteiger partial charge in [0, 0.05) is 39.3 Å². The zero-order valence-corrected chi connectivity index (χ0v) is 9.45. The summed E-state index contributed by atoms with van der Waals surface area (Å²) in [5, 5.41) is 3.04. The summed E-state index contributed by atoms with van der Waals surface area (Å²) in [7, 11) is 1.92. The summed E-state index contributed by atoms with van der Waals surface area (Å²) in [6, 6.07) is 0. The lowest BCUT2D eigenvalue weighted by molar-refractivity contribution is -0.119. The molecule has 0 aromatic rings. The van der Waals surface area contributed by atoms with Crippen molar-refractivity contribution >= 4 is 6.41 Å². The van der Waals surface area contributed by atoms with E-state index in [2.05, 4.69) is 10.2 Å². The summed E-state index contributed by atoms with van der Waals surface area (Å²) in [5.74, 6) is 0. The van der Waals surface area contributed by atoms with Gasteiger partial charge in [-0.05, 0) is 7.05 Å². The Balaban J connectivity index is 1.96. The first-order chi connectivity index (χ1) is 7.36. The normalized spacial score (nSPS) is 18.1. The summed E-state index contributed by atoms with van der Waals surface area (Å²) in [4.78, 5) is 14.6. The fourth-order valence-corrected chi connectivity index (χ4v) is 1.56. The highest BCUT2D eigenvalue weighted by Gasteiger charge is 2.14. The van der Waals surface area contributed by atoms with Crippen LogP contribution in [0, 0.1) is 0 Å². The Bertz CT molecular complexity index is 170. The number of nitrogens with one attached hydrogen (secondary N) is 1. The summed E-state index contributed by atoms with van der Waals surface area (Å²) >= 11 is 0. The van der Waals surface area contributed by atoms with Crippen LogP contribution in [0.15, 0.2) is 0 Å². The van der Waals surface area contributed by atoms with Crippen molar-refractivity contribution < 1.29 is 9.53 Å². The average molecular weight is 215 g/mol. The maximum atomic E-state index is 10.5. The molecule has 5 nitrogen and oxygen atoms in total. The van der Waals surface area contributed by atoms with Crippen LogP contribution in [0.25, 0.3) is 0 Å². The van der Waals surface area contributed by atoms with Crippen molar-refractivity contribution in [1.29, 1.82) is 0 Å². The number of piperazine rings is 1. The van der Waals surface area contributed by atoms with E-state index in [0.717, 1.165) is 58.9 Å². The molecule has 0 radical (unpaired) electrons. The van der Waals surface area contributed by atoms with Gasteiger partial charge < -0.3 is 15.0 Å². The van der Waals surface area contributed by atoms with E-state index in [4.69, 9.17) is 4.74 Å². The second kappa shape index (κ2) is 7.62. The molecule has 0 atom stereocenters. The minimum Gasteiger partial charge on any atom is -0.379 e. The molecule has 1 aliphatic rings. The molecule has 1 rings (SSSR count). The number of hydrogen-bond acceptors (Lipinski definition) is 4. The van der Waals surface area contributed by atoms with Gasteiger partial charge in [-0.2, -0.15) is 0 Å². The van der Waals surface area contributed by atoms with Crippen LogP contribution in [0.4, 0.5) is 0 Å². The number of carbonyl (C=O) groups is 1. The number of nitrogens with zero attached hydrogens (tertiary/aromatic N) is 2. The van der Waals surface area contributed by atoms with Crippen LogP contribution in [0.1, 0.15) is 0 Å². The van der Waals surface area contributed by atoms with E-state index in [1.807, 2.05) is 11.9 Å². The average Bonchev–Trinajstić information content (AvgIpc) is 2.30. The Hall–Kier alpha value is -0.650. The molecule has 0 spiro atoms. The van der Waals surface area contributed by atoms with Gasteiger partial charge in [0.05, 0.1) is 13.2 Å². The van der Waals surface area contributed by atoms with Gasteiger partial charge in [-0.25, -0.2) is 0 Å². The quantitative estimate of drug-likeness (QED) is 0.437. The van der Waals surface area contributed by atoms with Crippen molar-refractivity contribution in [2.24, 2.45) is 0 Å². The molecule has 1 amide bonds. The zero-order valence-electron chi connectivity index (χ0n) is 9.45. The van der Waals surface area contributed by atoms with Gasteiger partial charge in [-0.15, -0.1) is 0 Å². The Morgan fingerprint density at radius 1 is 1.27 bits per heavy atom. The predicted molar refractivity (Wildman–Crippen MR) is 58.8 cm³/mol. The first-order valence-corrected chi connectivity index (χ1v) is 5.51. The third kappa shape index (κ3) is 5.11. The van der Waals surface area contributed by atoms with Crippen molar-refractivity contribution in [2.75, 3.05) is 59.5 Å². The largest absolute Gasteiger partial charge is 0.379 e. The number of likely N-dealkylation sites (N-methyl/N-ethyl adjacent to an activating group) is 1. The Labute approximate surface area is 91.4 Å². The summed E-state index contributed by atoms with van der Waals surface area (Å²) in [5.41, 5.74) is 0. The second-order valence-electron chi connectivity index (χ2n) is 3.70. The number of carbonyl (C=O) groups excluding carboxylic acids is 1. The van der Waals surface area contributed by atoms with Gasteiger partial charge in [0.2, 0.25) is 6.41 Å². The van der Waals surface area contributed by atoms with Crippen LogP contribution >= 0.6 is 0 Å². The molecule has 5 heteroatoms. The predicted octanol–water partition coefficient (Wildman–Crippen LogP) is -1.00. The van der Waals surface area contributed by atoms with E-state index in [1.165, 1.54) is 0 Å². The molecule has 1 N–H and O–H groups in total. The summed E-state index contributed by atoms with van der Waals surface area (Å²) < 4.78 is 5.44. The molecule has 0 aromatic heterocycles. The third-order valence-electron chi connectivity index (χ3n) is 2.60. The van der Waals surface area contributed by atoms with E-state index < -0.39 is 0 Å². The van der Waals surface area contributed by atoms with Gasteiger partial charge in [0.1, 0.15) is 0 Å². The lowest BCUT2D eigenvalue weighted by Crippen LogP contribution is -2.46. The molecular formula is C10H21N3O2. The molecule has 1 fully saturated rings. The molecule has 0 aliphatic carbocycles. The number of amides is 1. The molecule has 0 saturated carbocycles. The fraction of sp³-hybridized carbons (Fsp3) is 0.900. The zero-order chi connectivity index (χ0) is 10.9. The molecule has 88 valence electrons. The van der Waals surface area contributed by atoms with Crippen LogP contribution in [0.3, 0.4) is 0 Å². The fourth-order valence-electron chi connectivity index (χ4n) is 1.56. The Kier molecular flexibility index (Phi) is 6.31. The molecule has 1 saturated heterocycles. The Morgan fingerprint density at radius 3 is 2.60 bits per heavy atom. The first-order valence-electron chi connectivity index (χ1n) is 5.51. The number of rotatable bonds is 7. The highest BCUT2D eigenvalue weighted by atomic mass is 16.5. The molecular weight excluding hydrogens is 194 g/mol. The highest BCUT2D eigenvalue weighted by molar-refractivity contribution is 5.47. The highest BCUT2D eigenvalue weighted by Crippen LogP contribution is 1.98. The lowest BCUT2D eigenvalue weighted by Gasteiger charge is -2.32.